The second-order valence-corrected chi connectivity index (χ2v) is 2.82. The number of halogens is 1. The molecule has 0 saturated heterocycles. The molecule has 0 amide bonds. The van der Waals surface area contributed by atoms with E-state index in [0.717, 1.165) is 5.02 Å². The fraction of sp³-hybridized carbons (Fsp3) is 0.100. The zero-order chi connectivity index (χ0) is 10.3. The zero-order valence-corrected chi connectivity index (χ0v) is 8.08. The number of rotatable bonds is 1. The minimum absolute atomic E-state index is 0.176. The van der Waals surface area contributed by atoms with E-state index in [4.69, 9.17) is 16.7 Å². The van der Waals surface area contributed by atoms with Crippen LogP contribution < -0.4 is 0 Å². The van der Waals surface area contributed by atoms with Crippen LogP contribution >= 0.6 is 11.6 Å². The van der Waals surface area contributed by atoms with Gasteiger partial charge in [-0.05, 0) is 19.1 Å². The number of hydrogen-bond acceptors (Lipinski definition) is 1. The van der Waals surface area contributed by atoms with E-state index in [1.54, 1.807) is 0 Å². The Kier molecular flexibility index (Phi) is 5.64. The van der Waals surface area contributed by atoms with Crippen molar-refractivity contribution in [3.63, 3.8) is 0 Å². The van der Waals surface area contributed by atoms with Crippen LogP contribution in [0.2, 0.25) is 5.02 Å². The van der Waals surface area contributed by atoms with E-state index in [9.17, 15) is 4.79 Å². The lowest BCUT2D eigenvalue weighted by atomic mass is 10.4. The number of aliphatic carboxylic acids is 1. The molecule has 0 spiro atoms. The van der Waals surface area contributed by atoms with Crippen LogP contribution in [0, 0.1) is 0 Å². The van der Waals surface area contributed by atoms with E-state index in [-0.39, 0.29) is 5.57 Å². The van der Waals surface area contributed by atoms with Crippen LogP contribution in [0.1, 0.15) is 6.92 Å². The largest absolute Gasteiger partial charge is 0.478 e. The highest BCUT2D eigenvalue weighted by atomic mass is 35.5. The van der Waals surface area contributed by atoms with Crippen molar-refractivity contribution >= 4 is 17.6 Å². The van der Waals surface area contributed by atoms with Crippen molar-refractivity contribution in [3.8, 4) is 0 Å². The Morgan fingerprint density at radius 3 is 1.92 bits per heavy atom. The van der Waals surface area contributed by atoms with Crippen molar-refractivity contribution < 1.29 is 9.90 Å². The summed E-state index contributed by atoms with van der Waals surface area (Å²) in [4.78, 5) is 9.60. The molecule has 3 heteroatoms. The highest BCUT2D eigenvalue weighted by molar-refractivity contribution is 6.30. The summed E-state index contributed by atoms with van der Waals surface area (Å²) < 4.78 is 0. The summed E-state index contributed by atoms with van der Waals surface area (Å²) in [6.45, 7) is 4.60. The van der Waals surface area contributed by atoms with Gasteiger partial charge in [0.05, 0.1) is 0 Å². The third-order valence-corrected chi connectivity index (χ3v) is 1.35. The molecule has 0 aliphatic carbocycles. The maximum Gasteiger partial charge on any atom is 0.330 e. The fourth-order valence-corrected chi connectivity index (χ4v) is 0.560. The van der Waals surface area contributed by atoms with Gasteiger partial charge in [-0.15, -0.1) is 0 Å². The summed E-state index contributed by atoms with van der Waals surface area (Å²) in [7, 11) is 0. The van der Waals surface area contributed by atoms with Gasteiger partial charge < -0.3 is 5.11 Å². The van der Waals surface area contributed by atoms with E-state index in [1.165, 1.54) is 6.92 Å². The molecule has 0 bridgehead atoms. The molecule has 70 valence electrons. The maximum atomic E-state index is 9.60. The number of benzene rings is 1. The van der Waals surface area contributed by atoms with Gasteiger partial charge in [0.2, 0.25) is 0 Å². The smallest absolute Gasteiger partial charge is 0.330 e. The molecule has 0 aromatic heterocycles. The van der Waals surface area contributed by atoms with Gasteiger partial charge in [0.25, 0.3) is 0 Å². The number of hydrogen-bond donors (Lipinski definition) is 1. The predicted octanol–water partition coefficient (Wildman–Crippen LogP) is 2.99. The van der Waals surface area contributed by atoms with E-state index < -0.39 is 5.97 Å². The third kappa shape index (κ3) is 7.09. The molecule has 0 aliphatic heterocycles. The first kappa shape index (κ1) is 11.7. The number of carbonyl (C=O) groups is 1. The highest BCUT2D eigenvalue weighted by Crippen LogP contribution is 2.03. The normalized spacial score (nSPS) is 8.15. The Hall–Kier alpha value is -1.28. The van der Waals surface area contributed by atoms with E-state index in [2.05, 4.69) is 6.58 Å². The second-order valence-electron chi connectivity index (χ2n) is 2.38. The zero-order valence-electron chi connectivity index (χ0n) is 7.33. The second kappa shape index (κ2) is 6.26. The lowest BCUT2D eigenvalue weighted by Gasteiger charge is -1.80. The van der Waals surface area contributed by atoms with Gasteiger partial charge in [-0.1, -0.05) is 36.4 Å². The lowest BCUT2D eigenvalue weighted by Crippen LogP contribution is -1.92. The van der Waals surface area contributed by atoms with Crippen LogP contribution in [0.25, 0.3) is 0 Å². The van der Waals surface area contributed by atoms with Crippen LogP contribution in [0.4, 0.5) is 0 Å². The SMILES string of the molecule is C=C(C)C(=O)O.Clc1ccccc1. The van der Waals surface area contributed by atoms with E-state index >= 15 is 0 Å². The van der Waals surface area contributed by atoms with Crippen molar-refractivity contribution in [1.29, 1.82) is 0 Å². The average Bonchev–Trinajstić information content (AvgIpc) is 2.06. The lowest BCUT2D eigenvalue weighted by molar-refractivity contribution is -0.132. The molecule has 0 saturated carbocycles. The summed E-state index contributed by atoms with van der Waals surface area (Å²) in [6.07, 6.45) is 0. The van der Waals surface area contributed by atoms with Gasteiger partial charge in [0.1, 0.15) is 0 Å². The number of carboxylic acid groups (broad SMARTS) is 1. The summed E-state index contributed by atoms with van der Waals surface area (Å²) in [5.41, 5.74) is 0.176. The van der Waals surface area contributed by atoms with E-state index in [1.807, 2.05) is 30.3 Å². The van der Waals surface area contributed by atoms with Crippen molar-refractivity contribution in [3.05, 3.63) is 47.5 Å². The van der Waals surface area contributed by atoms with Crippen LogP contribution in [-0.2, 0) is 4.79 Å². The van der Waals surface area contributed by atoms with Crippen molar-refractivity contribution in [2.75, 3.05) is 0 Å². The average molecular weight is 199 g/mol. The Balaban J connectivity index is 0.000000226. The molecule has 1 N–H and O–H groups in total. The molecule has 0 atom stereocenters. The molecular weight excluding hydrogens is 188 g/mol. The summed E-state index contributed by atoms with van der Waals surface area (Å²) >= 11 is 5.54. The number of carboxylic acids is 1. The first-order chi connectivity index (χ1) is 6.04. The Bertz CT molecular complexity index is 268. The highest BCUT2D eigenvalue weighted by Gasteiger charge is 1.90. The van der Waals surface area contributed by atoms with Gasteiger partial charge >= 0.3 is 5.97 Å². The standard InChI is InChI=1S/C6H5Cl.C4H6O2/c7-6-4-2-1-3-5-6;1-3(2)4(5)6/h1-5H;1H2,2H3,(H,5,6). The molecule has 1 rings (SSSR count). The molecule has 0 radical (unpaired) electrons. The van der Waals surface area contributed by atoms with Crippen LogP contribution in [0.15, 0.2) is 42.5 Å². The summed E-state index contributed by atoms with van der Waals surface area (Å²) in [5.74, 6) is -0.935. The van der Waals surface area contributed by atoms with Gasteiger partial charge in [-0.25, -0.2) is 4.79 Å². The fourth-order valence-electron chi connectivity index (χ4n) is 0.415. The van der Waals surface area contributed by atoms with Crippen molar-refractivity contribution in [2.45, 2.75) is 6.92 Å². The first-order valence-electron chi connectivity index (χ1n) is 3.63. The van der Waals surface area contributed by atoms with Gasteiger partial charge in [-0.2, -0.15) is 0 Å². The van der Waals surface area contributed by atoms with Crippen molar-refractivity contribution in [1.82, 2.24) is 0 Å². The van der Waals surface area contributed by atoms with Gasteiger partial charge in [0.15, 0.2) is 0 Å². The molecular formula is C10H11ClO2. The summed E-state index contributed by atoms with van der Waals surface area (Å²) in [6, 6.07) is 9.44. The van der Waals surface area contributed by atoms with Crippen LogP contribution in [-0.4, -0.2) is 11.1 Å². The quantitative estimate of drug-likeness (QED) is 0.705. The Labute approximate surface area is 82.5 Å². The molecule has 0 unspecified atom stereocenters. The topological polar surface area (TPSA) is 37.3 Å². The maximum absolute atomic E-state index is 9.60. The monoisotopic (exact) mass is 198 g/mol. The molecule has 2 nitrogen and oxygen atoms in total. The molecule has 1 aromatic rings. The minimum atomic E-state index is -0.935. The minimum Gasteiger partial charge on any atom is -0.478 e. The van der Waals surface area contributed by atoms with Gasteiger partial charge in [0, 0.05) is 10.6 Å². The summed E-state index contributed by atoms with van der Waals surface area (Å²) in [5, 5.41) is 8.69. The molecule has 0 fully saturated rings. The predicted molar refractivity (Wildman–Crippen MR) is 53.9 cm³/mol. The van der Waals surface area contributed by atoms with Crippen LogP contribution in [0.5, 0.6) is 0 Å². The Morgan fingerprint density at radius 2 is 1.77 bits per heavy atom. The molecule has 13 heavy (non-hydrogen) atoms. The van der Waals surface area contributed by atoms with E-state index in [0.29, 0.717) is 0 Å². The van der Waals surface area contributed by atoms with Crippen LogP contribution in [0.3, 0.4) is 0 Å². The Morgan fingerprint density at radius 1 is 1.38 bits per heavy atom. The molecule has 1 aromatic carbocycles. The molecule has 0 aliphatic rings. The van der Waals surface area contributed by atoms with Gasteiger partial charge in [-0.3, -0.25) is 0 Å². The van der Waals surface area contributed by atoms with Crippen molar-refractivity contribution in [2.24, 2.45) is 0 Å². The first-order valence-corrected chi connectivity index (χ1v) is 4.01. The molecule has 0 heterocycles. The third-order valence-electron chi connectivity index (χ3n) is 1.10.